The molecule has 0 spiro atoms. The zero-order valence-corrected chi connectivity index (χ0v) is 13.0. The summed E-state index contributed by atoms with van der Waals surface area (Å²) in [5.74, 6) is 0.754. The normalized spacial score (nSPS) is 20.7. The van der Waals surface area contributed by atoms with Crippen LogP contribution in [0.2, 0.25) is 0 Å². The Morgan fingerprint density at radius 3 is 2.32 bits per heavy atom. The van der Waals surface area contributed by atoms with Crippen molar-refractivity contribution in [2.45, 2.75) is 25.9 Å². The molecule has 1 heterocycles. The van der Waals surface area contributed by atoms with Crippen LogP contribution in [0.25, 0.3) is 0 Å². The van der Waals surface area contributed by atoms with E-state index >= 15 is 0 Å². The SMILES string of the molecule is COc1ccc([C@@H]2[C@H](N)C(=O)N2c2ccc(C)c(C)c2)cc1. The fourth-order valence-corrected chi connectivity index (χ4v) is 2.83. The van der Waals surface area contributed by atoms with E-state index in [1.807, 2.05) is 49.4 Å². The molecule has 0 saturated carbocycles. The summed E-state index contributed by atoms with van der Waals surface area (Å²) in [6, 6.07) is 13.1. The number of carbonyl (C=O) groups is 1. The second-order valence-electron chi connectivity index (χ2n) is 5.72. The first-order valence-electron chi connectivity index (χ1n) is 7.33. The molecule has 2 aromatic rings. The van der Waals surface area contributed by atoms with Gasteiger partial charge in [0.25, 0.3) is 0 Å². The van der Waals surface area contributed by atoms with Gasteiger partial charge in [0.05, 0.1) is 13.2 Å². The van der Waals surface area contributed by atoms with Crippen LogP contribution < -0.4 is 15.4 Å². The summed E-state index contributed by atoms with van der Waals surface area (Å²) in [5, 5.41) is 0. The number of hydrogen-bond donors (Lipinski definition) is 1. The number of hydrogen-bond acceptors (Lipinski definition) is 3. The fraction of sp³-hybridized carbons (Fsp3) is 0.278. The van der Waals surface area contributed by atoms with Crippen molar-refractivity contribution < 1.29 is 9.53 Å². The summed E-state index contributed by atoms with van der Waals surface area (Å²) in [6.45, 7) is 4.11. The molecule has 1 fully saturated rings. The molecule has 2 atom stereocenters. The summed E-state index contributed by atoms with van der Waals surface area (Å²) >= 11 is 0. The number of aryl methyl sites for hydroxylation is 2. The molecule has 2 aromatic carbocycles. The molecule has 1 aliphatic heterocycles. The lowest BCUT2D eigenvalue weighted by molar-refractivity contribution is -0.126. The number of nitrogens with two attached hydrogens (primary N) is 1. The van der Waals surface area contributed by atoms with Gasteiger partial charge in [0.1, 0.15) is 11.8 Å². The van der Waals surface area contributed by atoms with Crippen LogP contribution in [0.5, 0.6) is 5.75 Å². The van der Waals surface area contributed by atoms with Gasteiger partial charge >= 0.3 is 0 Å². The standard InChI is InChI=1S/C18H20N2O2/c1-11-4-7-14(10-12(11)2)20-17(16(19)18(20)21)13-5-8-15(22-3)9-6-13/h4-10,16-17H,19H2,1-3H3/t16-,17+/m0/s1. The summed E-state index contributed by atoms with van der Waals surface area (Å²) in [5.41, 5.74) is 10.3. The zero-order valence-electron chi connectivity index (χ0n) is 13.0. The van der Waals surface area contributed by atoms with Crippen LogP contribution in [0, 0.1) is 13.8 Å². The lowest BCUT2D eigenvalue weighted by Gasteiger charge is -2.45. The van der Waals surface area contributed by atoms with Crippen LogP contribution in [-0.2, 0) is 4.79 Å². The minimum atomic E-state index is -0.491. The highest BCUT2D eigenvalue weighted by atomic mass is 16.5. The number of benzene rings is 2. The maximum absolute atomic E-state index is 12.2. The summed E-state index contributed by atoms with van der Waals surface area (Å²) < 4.78 is 5.18. The molecule has 22 heavy (non-hydrogen) atoms. The second-order valence-corrected chi connectivity index (χ2v) is 5.72. The Kier molecular flexibility index (Phi) is 3.62. The van der Waals surface area contributed by atoms with E-state index in [0.717, 1.165) is 17.0 Å². The second kappa shape index (κ2) is 5.46. The van der Waals surface area contributed by atoms with E-state index in [-0.39, 0.29) is 11.9 Å². The van der Waals surface area contributed by atoms with Gasteiger partial charge < -0.3 is 15.4 Å². The molecule has 3 rings (SSSR count). The molecule has 0 unspecified atom stereocenters. The van der Waals surface area contributed by atoms with E-state index in [9.17, 15) is 4.79 Å². The predicted octanol–water partition coefficient (Wildman–Crippen LogP) is 2.73. The van der Waals surface area contributed by atoms with E-state index in [2.05, 4.69) is 6.92 Å². The number of methoxy groups -OCH3 is 1. The molecule has 1 amide bonds. The van der Waals surface area contributed by atoms with Crippen molar-refractivity contribution in [2.24, 2.45) is 5.73 Å². The molecule has 0 radical (unpaired) electrons. The van der Waals surface area contributed by atoms with E-state index < -0.39 is 6.04 Å². The van der Waals surface area contributed by atoms with E-state index in [1.54, 1.807) is 12.0 Å². The topological polar surface area (TPSA) is 55.6 Å². The van der Waals surface area contributed by atoms with E-state index in [4.69, 9.17) is 10.5 Å². The smallest absolute Gasteiger partial charge is 0.247 e. The lowest BCUT2D eigenvalue weighted by atomic mass is 9.88. The van der Waals surface area contributed by atoms with Gasteiger partial charge in [-0.2, -0.15) is 0 Å². The minimum Gasteiger partial charge on any atom is -0.497 e. The van der Waals surface area contributed by atoms with Crippen molar-refractivity contribution >= 4 is 11.6 Å². The first kappa shape index (κ1) is 14.6. The zero-order chi connectivity index (χ0) is 15.9. The molecule has 1 aliphatic rings. The number of carbonyl (C=O) groups excluding carboxylic acids is 1. The van der Waals surface area contributed by atoms with Crippen molar-refractivity contribution in [2.75, 3.05) is 12.0 Å². The van der Waals surface area contributed by atoms with Gasteiger partial charge in [-0.25, -0.2) is 0 Å². The molecule has 0 aliphatic carbocycles. The Hall–Kier alpha value is -2.33. The largest absolute Gasteiger partial charge is 0.497 e. The number of ether oxygens (including phenoxy) is 1. The van der Waals surface area contributed by atoms with Crippen LogP contribution in [0.3, 0.4) is 0 Å². The highest BCUT2D eigenvalue weighted by Gasteiger charge is 2.46. The molecule has 4 nitrogen and oxygen atoms in total. The third-order valence-corrected chi connectivity index (χ3v) is 4.37. The van der Waals surface area contributed by atoms with Gasteiger partial charge in [-0.05, 0) is 54.8 Å². The van der Waals surface area contributed by atoms with Crippen LogP contribution in [0.1, 0.15) is 22.7 Å². The predicted molar refractivity (Wildman–Crippen MR) is 87.1 cm³/mol. The van der Waals surface area contributed by atoms with Gasteiger partial charge in [-0.3, -0.25) is 4.79 Å². The van der Waals surface area contributed by atoms with E-state index in [0.29, 0.717) is 0 Å². The Balaban J connectivity index is 1.95. The molecular formula is C18H20N2O2. The summed E-state index contributed by atoms with van der Waals surface area (Å²) in [6.07, 6.45) is 0. The Morgan fingerprint density at radius 1 is 1.05 bits per heavy atom. The maximum Gasteiger partial charge on any atom is 0.247 e. The average molecular weight is 296 g/mol. The Labute approximate surface area is 130 Å². The van der Waals surface area contributed by atoms with Crippen molar-refractivity contribution in [1.82, 2.24) is 0 Å². The molecule has 1 saturated heterocycles. The highest BCUT2D eigenvalue weighted by Crippen LogP contribution is 2.39. The van der Waals surface area contributed by atoms with Crippen LogP contribution in [0.4, 0.5) is 5.69 Å². The van der Waals surface area contributed by atoms with Crippen molar-refractivity contribution in [3.8, 4) is 5.75 Å². The first-order chi connectivity index (χ1) is 10.5. The number of amides is 1. The van der Waals surface area contributed by atoms with Gasteiger partial charge in [0, 0.05) is 5.69 Å². The lowest BCUT2D eigenvalue weighted by Crippen LogP contribution is -2.63. The van der Waals surface area contributed by atoms with Crippen molar-refractivity contribution in [1.29, 1.82) is 0 Å². The monoisotopic (exact) mass is 296 g/mol. The van der Waals surface area contributed by atoms with Gasteiger partial charge in [-0.1, -0.05) is 18.2 Å². The molecule has 0 aromatic heterocycles. The van der Waals surface area contributed by atoms with Crippen molar-refractivity contribution in [3.05, 3.63) is 59.2 Å². The third kappa shape index (κ3) is 2.25. The molecule has 2 N–H and O–H groups in total. The van der Waals surface area contributed by atoms with Crippen LogP contribution >= 0.6 is 0 Å². The van der Waals surface area contributed by atoms with Gasteiger partial charge in [-0.15, -0.1) is 0 Å². The number of rotatable bonds is 3. The fourth-order valence-electron chi connectivity index (χ4n) is 2.83. The highest BCUT2D eigenvalue weighted by molar-refractivity contribution is 6.05. The molecule has 114 valence electrons. The quantitative estimate of drug-likeness (QED) is 0.886. The Morgan fingerprint density at radius 2 is 1.73 bits per heavy atom. The minimum absolute atomic E-state index is 0.0379. The number of nitrogens with zero attached hydrogens (tertiary/aromatic N) is 1. The molecule has 0 bridgehead atoms. The average Bonchev–Trinajstić information content (AvgIpc) is 2.54. The first-order valence-corrected chi connectivity index (χ1v) is 7.33. The van der Waals surface area contributed by atoms with Crippen molar-refractivity contribution in [3.63, 3.8) is 0 Å². The van der Waals surface area contributed by atoms with Crippen LogP contribution in [-0.4, -0.2) is 19.1 Å². The number of anilines is 1. The maximum atomic E-state index is 12.2. The molecule has 4 heteroatoms. The van der Waals surface area contributed by atoms with E-state index in [1.165, 1.54) is 11.1 Å². The Bertz CT molecular complexity index is 710. The summed E-state index contributed by atoms with van der Waals surface area (Å²) in [4.78, 5) is 14.0. The third-order valence-electron chi connectivity index (χ3n) is 4.37. The molecular weight excluding hydrogens is 276 g/mol. The number of β-lactam (4-membered cyclic amide) rings is 1. The summed E-state index contributed by atoms with van der Waals surface area (Å²) in [7, 11) is 1.63. The van der Waals surface area contributed by atoms with Gasteiger partial charge in [0.2, 0.25) is 5.91 Å². The van der Waals surface area contributed by atoms with Gasteiger partial charge in [0.15, 0.2) is 0 Å². The van der Waals surface area contributed by atoms with Crippen LogP contribution in [0.15, 0.2) is 42.5 Å².